The second-order valence-corrected chi connectivity index (χ2v) is 9.46. The number of halogens is 4. The van der Waals surface area contributed by atoms with Gasteiger partial charge in [-0.1, -0.05) is 0 Å². The van der Waals surface area contributed by atoms with E-state index in [2.05, 4.69) is 20.4 Å². The number of ether oxygens (including phenoxy) is 1. The Kier molecular flexibility index (Phi) is 6.24. The van der Waals surface area contributed by atoms with Gasteiger partial charge >= 0.3 is 6.18 Å². The van der Waals surface area contributed by atoms with Crippen LogP contribution in [0.25, 0.3) is 0 Å². The molecule has 3 rings (SSSR count). The van der Waals surface area contributed by atoms with E-state index in [1.54, 1.807) is 0 Å². The second kappa shape index (κ2) is 8.50. The van der Waals surface area contributed by atoms with Gasteiger partial charge in [0.2, 0.25) is 16.0 Å². The standard InChI is InChI=1S/C19H19F4N5O4S/c1-18(10-33(30,31)28(2)17(24)27-18)13-7-11(3-5-14(13)20)26-16(29)15-6-4-12(8-25-15)32-9-19(21,22)23/h3-8H,9-10H2,1-2H3,(H2,24,27)(H,26,29)/t18-/m0/s1. The summed E-state index contributed by atoms with van der Waals surface area (Å²) in [6.07, 6.45) is -3.57. The molecule has 1 amide bonds. The van der Waals surface area contributed by atoms with E-state index in [9.17, 15) is 30.8 Å². The van der Waals surface area contributed by atoms with Crippen molar-refractivity contribution in [2.45, 2.75) is 18.6 Å². The fourth-order valence-corrected chi connectivity index (χ4v) is 4.58. The van der Waals surface area contributed by atoms with Crippen LogP contribution in [0.15, 0.2) is 36.5 Å². The minimum Gasteiger partial charge on any atom is -0.483 e. The molecule has 178 valence electrons. The molecule has 1 aliphatic rings. The van der Waals surface area contributed by atoms with E-state index in [0.29, 0.717) is 0 Å². The number of pyridine rings is 1. The molecule has 2 heterocycles. The molecule has 0 saturated carbocycles. The van der Waals surface area contributed by atoms with E-state index in [1.165, 1.54) is 26.1 Å². The lowest BCUT2D eigenvalue weighted by atomic mass is 9.93. The van der Waals surface area contributed by atoms with Crippen LogP contribution in [-0.2, 0) is 15.6 Å². The summed E-state index contributed by atoms with van der Waals surface area (Å²) in [5.41, 5.74) is -1.61. The molecular formula is C19H19F4N5O4S. The van der Waals surface area contributed by atoms with E-state index in [1.807, 2.05) is 0 Å². The molecule has 1 aromatic heterocycles. The quantitative estimate of drug-likeness (QED) is 0.555. The number of carbonyl (C=O) groups excluding carboxylic acids is 1. The number of aromatic nitrogens is 1. The molecule has 1 aliphatic heterocycles. The number of benzene rings is 1. The van der Waals surface area contributed by atoms with Gasteiger partial charge in [-0.25, -0.2) is 22.1 Å². The number of hydrogen-bond acceptors (Lipinski definition) is 6. The van der Waals surface area contributed by atoms with Crippen molar-refractivity contribution in [3.63, 3.8) is 0 Å². The lowest BCUT2D eigenvalue weighted by Gasteiger charge is -2.40. The zero-order valence-corrected chi connectivity index (χ0v) is 18.1. The number of nitrogens with zero attached hydrogens (tertiary/aromatic N) is 2. The van der Waals surface area contributed by atoms with Crippen molar-refractivity contribution in [2.24, 2.45) is 0 Å². The molecule has 2 aromatic rings. The molecule has 1 saturated heterocycles. The third-order valence-corrected chi connectivity index (χ3v) is 6.75. The van der Waals surface area contributed by atoms with Crippen molar-refractivity contribution in [3.8, 4) is 5.75 Å². The Bertz CT molecular complexity index is 1190. The fourth-order valence-electron chi connectivity index (χ4n) is 3.11. The summed E-state index contributed by atoms with van der Waals surface area (Å²) < 4.78 is 81.2. The zero-order valence-electron chi connectivity index (χ0n) is 17.3. The number of amides is 1. The molecule has 0 unspecified atom stereocenters. The number of guanidine groups is 1. The molecule has 1 aromatic carbocycles. The summed E-state index contributed by atoms with van der Waals surface area (Å²) in [6, 6.07) is 5.81. The Morgan fingerprint density at radius 3 is 2.61 bits per heavy atom. The lowest BCUT2D eigenvalue weighted by molar-refractivity contribution is -0.153. The van der Waals surface area contributed by atoms with Gasteiger partial charge < -0.3 is 15.4 Å². The van der Waals surface area contributed by atoms with Crippen LogP contribution >= 0.6 is 0 Å². The highest BCUT2D eigenvalue weighted by atomic mass is 32.2. The number of alkyl halides is 3. The Morgan fingerprint density at radius 1 is 1.33 bits per heavy atom. The van der Waals surface area contributed by atoms with Gasteiger partial charge in [0, 0.05) is 18.3 Å². The molecule has 9 nitrogen and oxygen atoms in total. The Labute approximate surface area is 186 Å². The van der Waals surface area contributed by atoms with E-state index in [-0.39, 0.29) is 22.7 Å². The van der Waals surface area contributed by atoms with Crippen molar-refractivity contribution >= 4 is 27.6 Å². The third-order valence-electron chi connectivity index (χ3n) is 4.79. The maximum absolute atomic E-state index is 14.6. The molecule has 1 atom stereocenters. The van der Waals surface area contributed by atoms with Gasteiger partial charge in [0.25, 0.3) is 5.91 Å². The third kappa shape index (κ3) is 5.50. The predicted molar refractivity (Wildman–Crippen MR) is 110 cm³/mol. The number of sulfonamides is 1. The minimum atomic E-state index is -4.52. The van der Waals surface area contributed by atoms with E-state index in [4.69, 9.17) is 5.41 Å². The van der Waals surface area contributed by atoms with Gasteiger partial charge in [-0.05, 0) is 37.3 Å². The summed E-state index contributed by atoms with van der Waals surface area (Å²) in [5.74, 6) is -2.64. The first-order valence-corrected chi connectivity index (χ1v) is 10.9. The van der Waals surface area contributed by atoms with Gasteiger partial charge in [-0.15, -0.1) is 0 Å². The van der Waals surface area contributed by atoms with Crippen LogP contribution in [0.3, 0.4) is 0 Å². The summed E-state index contributed by atoms with van der Waals surface area (Å²) >= 11 is 0. The minimum absolute atomic E-state index is 0.0921. The predicted octanol–water partition coefficient (Wildman–Crippen LogP) is 2.43. The first kappa shape index (κ1) is 24.2. The zero-order chi connectivity index (χ0) is 24.6. The average molecular weight is 489 g/mol. The maximum Gasteiger partial charge on any atom is 0.422 e. The molecular weight excluding hydrogens is 470 g/mol. The Balaban J connectivity index is 1.79. The van der Waals surface area contributed by atoms with Crippen molar-refractivity contribution in [2.75, 3.05) is 24.7 Å². The molecule has 3 N–H and O–H groups in total. The normalized spacial score (nSPS) is 20.2. The van der Waals surface area contributed by atoms with Gasteiger partial charge in [-0.3, -0.25) is 10.2 Å². The molecule has 33 heavy (non-hydrogen) atoms. The molecule has 0 radical (unpaired) electrons. The second-order valence-electron chi connectivity index (χ2n) is 7.46. The number of carbonyl (C=O) groups is 1. The first-order valence-electron chi connectivity index (χ1n) is 9.30. The summed E-state index contributed by atoms with van der Waals surface area (Å²) in [7, 11) is -2.68. The SMILES string of the molecule is CN1C(=N)N[C@](C)(c2cc(NC(=O)c3ccc(OCC(F)(F)F)cn3)ccc2F)CS1(=O)=O. The number of hydrogen-bond donors (Lipinski definition) is 3. The fraction of sp³-hybridized carbons (Fsp3) is 0.316. The van der Waals surface area contributed by atoms with Gasteiger partial charge in [0.1, 0.15) is 17.3 Å². The van der Waals surface area contributed by atoms with Gasteiger partial charge in [0.15, 0.2) is 6.61 Å². The van der Waals surface area contributed by atoms with E-state index >= 15 is 0 Å². The lowest BCUT2D eigenvalue weighted by Crippen LogP contribution is -2.61. The molecule has 14 heteroatoms. The number of anilines is 1. The van der Waals surface area contributed by atoms with Gasteiger partial charge in [-0.2, -0.15) is 13.2 Å². The van der Waals surface area contributed by atoms with Crippen molar-refractivity contribution in [1.29, 1.82) is 5.41 Å². The van der Waals surface area contributed by atoms with E-state index in [0.717, 1.165) is 28.7 Å². The monoisotopic (exact) mass is 489 g/mol. The molecule has 0 aliphatic carbocycles. The highest BCUT2D eigenvalue weighted by Crippen LogP contribution is 2.31. The summed E-state index contributed by atoms with van der Waals surface area (Å²) in [5, 5.41) is 13.0. The smallest absolute Gasteiger partial charge is 0.422 e. The van der Waals surface area contributed by atoms with Crippen molar-refractivity contribution < 1.29 is 35.5 Å². The number of rotatable bonds is 5. The number of nitrogens with one attached hydrogen (secondary N) is 3. The van der Waals surface area contributed by atoms with Gasteiger partial charge in [0.05, 0.1) is 17.5 Å². The van der Waals surface area contributed by atoms with Crippen molar-refractivity contribution in [3.05, 3.63) is 53.6 Å². The van der Waals surface area contributed by atoms with Crippen LogP contribution in [0.1, 0.15) is 23.0 Å². The van der Waals surface area contributed by atoms with Crippen LogP contribution in [0.4, 0.5) is 23.2 Å². The van der Waals surface area contributed by atoms with Crippen molar-refractivity contribution in [1.82, 2.24) is 14.6 Å². The van der Waals surface area contributed by atoms with Crippen LogP contribution in [0.5, 0.6) is 5.75 Å². The van der Waals surface area contributed by atoms with Crippen LogP contribution < -0.4 is 15.4 Å². The molecule has 1 fully saturated rings. The maximum atomic E-state index is 14.6. The topological polar surface area (TPSA) is 124 Å². The highest BCUT2D eigenvalue weighted by Gasteiger charge is 2.43. The van der Waals surface area contributed by atoms with Crippen LogP contribution in [0.2, 0.25) is 0 Å². The largest absolute Gasteiger partial charge is 0.483 e. The van der Waals surface area contributed by atoms with Crippen LogP contribution in [-0.4, -0.2) is 55.2 Å². The summed E-state index contributed by atoms with van der Waals surface area (Å²) in [4.78, 5) is 16.2. The van der Waals surface area contributed by atoms with Crippen LogP contribution in [0, 0.1) is 11.2 Å². The average Bonchev–Trinajstić information content (AvgIpc) is 2.71. The Morgan fingerprint density at radius 2 is 2.03 bits per heavy atom. The molecule has 0 bridgehead atoms. The highest BCUT2D eigenvalue weighted by molar-refractivity contribution is 7.89. The first-order chi connectivity index (χ1) is 15.2. The summed E-state index contributed by atoms with van der Waals surface area (Å²) in [6.45, 7) is -0.0916. The molecule has 0 spiro atoms. The van der Waals surface area contributed by atoms with E-state index < -0.39 is 51.8 Å². The Hall–Kier alpha value is -3.42.